The molecule has 0 radical (unpaired) electrons. The number of carboxylic acid groups (broad SMARTS) is 1. The summed E-state index contributed by atoms with van der Waals surface area (Å²) in [5, 5.41) is 9.42. The summed E-state index contributed by atoms with van der Waals surface area (Å²) in [6, 6.07) is 13.5. The number of aliphatic carboxylic acids is 1. The summed E-state index contributed by atoms with van der Waals surface area (Å²) in [5.74, 6) is -1.64. The maximum Gasteiger partial charge on any atom is 0.311 e. The Kier molecular flexibility index (Phi) is 4.78. The summed E-state index contributed by atoms with van der Waals surface area (Å²) < 4.78 is 32.9. The molecule has 2 aromatic carbocycles. The van der Waals surface area contributed by atoms with Gasteiger partial charge in [0.1, 0.15) is 0 Å². The van der Waals surface area contributed by atoms with Crippen LogP contribution in [0.15, 0.2) is 53.4 Å². The third-order valence-corrected chi connectivity index (χ3v) is 6.25. The molecule has 2 aromatic rings. The van der Waals surface area contributed by atoms with Gasteiger partial charge in [-0.15, -0.1) is 0 Å². The number of fused-ring (bicyclic) bond motifs is 1. The fourth-order valence-electron chi connectivity index (χ4n) is 3.19. The molecule has 0 saturated carbocycles. The SMILES string of the molecule is COCc1ccccc1S(=O)(=O)N1CCC(C(=O)O)c2ccccc21. The van der Waals surface area contributed by atoms with E-state index in [2.05, 4.69) is 0 Å². The number of sulfonamides is 1. The molecule has 1 aliphatic rings. The van der Waals surface area contributed by atoms with Crippen LogP contribution in [-0.2, 0) is 26.2 Å². The topological polar surface area (TPSA) is 83.9 Å². The summed E-state index contributed by atoms with van der Waals surface area (Å²) in [5.41, 5.74) is 1.52. The highest BCUT2D eigenvalue weighted by molar-refractivity contribution is 7.92. The molecule has 3 rings (SSSR count). The van der Waals surface area contributed by atoms with E-state index in [0.717, 1.165) is 0 Å². The van der Waals surface area contributed by atoms with Gasteiger partial charge in [-0.2, -0.15) is 0 Å². The van der Waals surface area contributed by atoms with Gasteiger partial charge in [0.15, 0.2) is 0 Å². The van der Waals surface area contributed by atoms with Crippen LogP contribution in [-0.4, -0.2) is 33.1 Å². The van der Waals surface area contributed by atoms with Gasteiger partial charge in [-0.1, -0.05) is 36.4 Å². The molecular formula is C18H19NO5S. The second kappa shape index (κ2) is 6.85. The number of hydrogen-bond donors (Lipinski definition) is 1. The normalized spacial score (nSPS) is 17.2. The second-order valence-corrected chi connectivity index (χ2v) is 7.69. The van der Waals surface area contributed by atoms with Crippen LogP contribution < -0.4 is 4.31 Å². The van der Waals surface area contributed by atoms with Gasteiger partial charge in [0.25, 0.3) is 10.0 Å². The minimum absolute atomic E-state index is 0.123. The Hall–Kier alpha value is -2.38. The average molecular weight is 361 g/mol. The molecule has 0 aromatic heterocycles. The lowest BCUT2D eigenvalue weighted by Crippen LogP contribution is -2.38. The average Bonchev–Trinajstić information content (AvgIpc) is 2.61. The predicted molar refractivity (Wildman–Crippen MR) is 93.1 cm³/mol. The van der Waals surface area contributed by atoms with Crippen LogP contribution in [0.4, 0.5) is 5.69 Å². The maximum absolute atomic E-state index is 13.2. The van der Waals surface area contributed by atoms with Crippen LogP contribution in [0.1, 0.15) is 23.5 Å². The molecule has 1 aliphatic heterocycles. The first kappa shape index (κ1) is 17.4. The van der Waals surface area contributed by atoms with Gasteiger partial charge in [0.2, 0.25) is 0 Å². The van der Waals surface area contributed by atoms with E-state index in [-0.39, 0.29) is 24.5 Å². The number of methoxy groups -OCH3 is 1. The molecule has 1 N–H and O–H groups in total. The largest absolute Gasteiger partial charge is 0.481 e. The highest BCUT2D eigenvalue weighted by atomic mass is 32.2. The zero-order chi connectivity index (χ0) is 18.0. The van der Waals surface area contributed by atoms with E-state index in [0.29, 0.717) is 16.8 Å². The minimum Gasteiger partial charge on any atom is -0.481 e. The summed E-state index contributed by atoms with van der Waals surface area (Å²) >= 11 is 0. The standard InChI is InChI=1S/C18H19NO5S/c1-24-12-13-6-2-5-9-17(13)25(22,23)19-11-10-15(18(20)21)14-7-3-4-8-16(14)19/h2-9,15H,10-12H2,1H3,(H,20,21). The Labute approximate surface area is 146 Å². The summed E-state index contributed by atoms with van der Waals surface area (Å²) in [4.78, 5) is 11.7. The predicted octanol–water partition coefficient (Wildman–Crippen LogP) is 2.60. The lowest BCUT2D eigenvalue weighted by molar-refractivity contribution is -0.139. The van der Waals surface area contributed by atoms with Gasteiger partial charge in [-0.25, -0.2) is 8.42 Å². The summed E-state index contributed by atoms with van der Waals surface area (Å²) in [6.07, 6.45) is 0.234. The van der Waals surface area contributed by atoms with Crippen molar-refractivity contribution in [1.82, 2.24) is 0 Å². The minimum atomic E-state index is -3.82. The van der Waals surface area contributed by atoms with Gasteiger partial charge in [-0.05, 0) is 29.7 Å². The van der Waals surface area contributed by atoms with Crippen molar-refractivity contribution in [2.45, 2.75) is 23.8 Å². The van der Waals surface area contributed by atoms with E-state index in [1.165, 1.54) is 11.4 Å². The Morgan fingerprint density at radius 2 is 1.88 bits per heavy atom. The molecule has 132 valence electrons. The van der Waals surface area contributed by atoms with Crippen molar-refractivity contribution >= 4 is 21.7 Å². The lowest BCUT2D eigenvalue weighted by Gasteiger charge is -2.33. The van der Waals surface area contributed by atoms with Crippen molar-refractivity contribution in [3.63, 3.8) is 0 Å². The number of rotatable bonds is 5. The highest BCUT2D eigenvalue weighted by Gasteiger charge is 2.36. The lowest BCUT2D eigenvalue weighted by atomic mass is 9.91. The number of carbonyl (C=O) groups is 1. The van der Waals surface area contributed by atoms with Crippen molar-refractivity contribution in [3.8, 4) is 0 Å². The van der Waals surface area contributed by atoms with Crippen molar-refractivity contribution in [1.29, 1.82) is 0 Å². The maximum atomic E-state index is 13.2. The third kappa shape index (κ3) is 3.12. The van der Waals surface area contributed by atoms with Crippen molar-refractivity contribution in [3.05, 3.63) is 59.7 Å². The molecule has 25 heavy (non-hydrogen) atoms. The van der Waals surface area contributed by atoms with Crippen molar-refractivity contribution in [2.24, 2.45) is 0 Å². The number of carboxylic acids is 1. The number of para-hydroxylation sites is 1. The van der Waals surface area contributed by atoms with E-state index in [4.69, 9.17) is 4.74 Å². The highest BCUT2D eigenvalue weighted by Crippen LogP contribution is 2.38. The molecule has 0 fully saturated rings. The van der Waals surface area contributed by atoms with E-state index >= 15 is 0 Å². The van der Waals surface area contributed by atoms with Crippen LogP contribution in [0.2, 0.25) is 0 Å². The zero-order valence-electron chi connectivity index (χ0n) is 13.8. The Bertz CT molecular complexity index is 894. The molecule has 0 bridgehead atoms. The fraction of sp³-hybridized carbons (Fsp3) is 0.278. The van der Waals surface area contributed by atoms with Gasteiger partial charge >= 0.3 is 5.97 Å². The Morgan fingerprint density at radius 1 is 1.20 bits per heavy atom. The number of nitrogens with zero attached hydrogens (tertiary/aromatic N) is 1. The first-order chi connectivity index (χ1) is 12.0. The van der Waals surface area contributed by atoms with E-state index < -0.39 is 21.9 Å². The first-order valence-electron chi connectivity index (χ1n) is 7.88. The van der Waals surface area contributed by atoms with Crippen LogP contribution >= 0.6 is 0 Å². The zero-order valence-corrected chi connectivity index (χ0v) is 14.6. The van der Waals surface area contributed by atoms with Gasteiger partial charge in [0, 0.05) is 13.7 Å². The number of ether oxygens (including phenoxy) is 1. The van der Waals surface area contributed by atoms with Crippen LogP contribution in [0.3, 0.4) is 0 Å². The van der Waals surface area contributed by atoms with Gasteiger partial charge in [-0.3, -0.25) is 9.10 Å². The summed E-state index contributed by atoms with van der Waals surface area (Å²) in [6.45, 7) is 0.306. The number of benzene rings is 2. The molecule has 0 amide bonds. The molecule has 0 saturated heterocycles. The van der Waals surface area contributed by atoms with Crippen LogP contribution in [0.5, 0.6) is 0 Å². The molecule has 7 heteroatoms. The second-order valence-electron chi connectivity index (χ2n) is 5.86. The monoisotopic (exact) mass is 361 g/mol. The van der Waals surface area contributed by atoms with Crippen molar-refractivity contribution in [2.75, 3.05) is 18.0 Å². The molecular weight excluding hydrogens is 342 g/mol. The molecule has 6 nitrogen and oxygen atoms in total. The van der Waals surface area contributed by atoms with E-state index in [9.17, 15) is 18.3 Å². The van der Waals surface area contributed by atoms with Crippen molar-refractivity contribution < 1.29 is 23.1 Å². The molecule has 0 spiro atoms. The van der Waals surface area contributed by atoms with E-state index in [1.807, 2.05) is 0 Å². The quantitative estimate of drug-likeness (QED) is 0.885. The molecule has 1 unspecified atom stereocenters. The van der Waals surface area contributed by atoms with Crippen LogP contribution in [0, 0.1) is 0 Å². The van der Waals surface area contributed by atoms with Gasteiger partial charge in [0.05, 0.1) is 23.1 Å². The Morgan fingerprint density at radius 3 is 2.60 bits per heavy atom. The Balaban J connectivity index is 2.10. The number of anilines is 1. The first-order valence-corrected chi connectivity index (χ1v) is 9.32. The number of hydrogen-bond acceptors (Lipinski definition) is 4. The molecule has 1 heterocycles. The molecule has 1 atom stereocenters. The molecule has 0 aliphatic carbocycles. The fourth-order valence-corrected chi connectivity index (χ4v) is 4.90. The van der Waals surface area contributed by atoms with E-state index in [1.54, 1.807) is 48.5 Å². The third-order valence-electron chi connectivity index (χ3n) is 4.34. The smallest absolute Gasteiger partial charge is 0.311 e. The summed E-state index contributed by atoms with van der Waals surface area (Å²) in [7, 11) is -2.31. The van der Waals surface area contributed by atoms with Gasteiger partial charge < -0.3 is 9.84 Å². The van der Waals surface area contributed by atoms with Crippen LogP contribution in [0.25, 0.3) is 0 Å².